The zero-order valence-electron chi connectivity index (χ0n) is 8.84. The van der Waals surface area contributed by atoms with Gasteiger partial charge >= 0.3 is 0 Å². The van der Waals surface area contributed by atoms with Crippen LogP contribution in [0.15, 0.2) is 0 Å². The van der Waals surface area contributed by atoms with Gasteiger partial charge in [0.2, 0.25) is 5.91 Å². The second kappa shape index (κ2) is 2.73. The van der Waals surface area contributed by atoms with Gasteiger partial charge in [0.1, 0.15) is 0 Å². The molecule has 0 aromatic carbocycles. The number of carbonyl (C=O) groups is 1. The summed E-state index contributed by atoms with van der Waals surface area (Å²) >= 11 is 0. The third kappa shape index (κ3) is 0.976. The van der Waals surface area contributed by atoms with Crippen molar-refractivity contribution < 1.29 is 4.79 Å². The molecule has 0 aromatic rings. The topological polar surface area (TPSA) is 20.3 Å². The van der Waals surface area contributed by atoms with Crippen LogP contribution in [0.5, 0.6) is 0 Å². The Hall–Kier alpha value is -0.530. The molecule has 13 heavy (non-hydrogen) atoms. The molecule has 2 unspecified atom stereocenters. The van der Waals surface area contributed by atoms with E-state index in [0.717, 1.165) is 6.42 Å². The fourth-order valence-corrected chi connectivity index (χ4v) is 3.53. The van der Waals surface area contributed by atoms with Crippen molar-refractivity contribution in [1.29, 1.82) is 0 Å². The van der Waals surface area contributed by atoms with E-state index in [1.54, 1.807) is 0 Å². The summed E-state index contributed by atoms with van der Waals surface area (Å²) in [6, 6.07) is 0. The molecule has 2 heteroatoms. The van der Waals surface area contributed by atoms with Gasteiger partial charge < -0.3 is 4.90 Å². The molecule has 2 aliphatic rings. The molecule has 2 rings (SSSR count). The number of amides is 1. The van der Waals surface area contributed by atoms with Crippen molar-refractivity contribution in [2.45, 2.75) is 45.1 Å². The monoisotopic (exact) mass is 181 g/mol. The van der Waals surface area contributed by atoms with Crippen molar-refractivity contribution in [2.75, 3.05) is 7.05 Å². The molecule has 1 aliphatic carbocycles. The molecule has 0 aromatic heterocycles. The van der Waals surface area contributed by atoms with Crippen molar-refractivity contribution in [2.24, 2.45) is 11.8 Å². The second-order valence-electron chi connectivity index (χ2n) is 4.89. The molecule has 1 heterocycles. The van der Waals surface area contributed by atoms with Crippen LogP contribution in [-0.4, -0.2) is 23.4 Å². The Labute approximate surface area is 80.3 Å². The predicted molar refractivity (Wildman–Crippen MR) is 52.3 cm³/mol. The van der Waals surface area contributed by atoms with E-state index < -0.39 is 0 Å². The number of hydrogen-bond donors (Lipinski definition) is 0. The Morgan fingerprint density at radius 3 is 2.77 bits per heavy atom. The maximum atomic E-state index is 11.6. The van der Waals surface area contributed by atoms with E-state index in [4.69, 9.17) is 0 Å². The Kier molecular flexibility index (Phi) is 1.90. The zero-order chi connectivity index (χ0) is 9.64. The number of likely N-dealkylation sites (tertiary alicyclic amines) is 1. The van der Waals surface area contributed by atoms with Crippen molar-refractivity contribution in [1.82, 2.24) is 4.90 Å². The first-order valence-corrected chi connectivity index (χ1v) is 5.35. The molecule has 0 bridgehead atoms. The lowest BCUT2D eigenvalue weighted by Crippen LogP contribution is -2.48. The van der Waals surface area contributed by atoms with E-state index in [1.165, 1.54) is 19.3 Å². The van der Waals surface area contributed by atoms with Crippen LogP contribution >= 0.6 is 0 Å². The van der Waals surface area contributed by atoms with Crippen LogP contribution in [0.4, 0.5) is 0 Å². The van der Waals surface area contributed by atoms with Crippen LogP contribution in [0.25, 0.3) is 0 Å². The maximum Gasteiger partial charge on any atom is 0.223 e. The summed E-state index contributed by atoms with van der Waals surface area (Å²) in [5.41, 5.74) is 0.219. The number of carbonyl (C=O) groups excluding carboxylic acids is 1. The molecular formula is C11H19NO. The van der Waals surface area contributed by atoms with Gasteiger partial charge in [-0.25, -0.2) is 0 Å². The lowest BCUT2D eigenvalue weighted by molar-refractivity contribution is -0.130. The van der Waals surface area contributed by atoms with E-state index in [0.29, 0.717) is 17.7 Å². The number of hydrogen-bond acceptors (Lipinski definition) is 1. The lowest BCUT2D eigenvalue weighted by Gasteiger charge is -2.40. The molecule has 1 saturated carbocycles. The number of rotatable bonds is 1. The van der Waals surface area contributed by atoms with Gasteiger partial charge in [0, 0.05) is 19.0 Å². The van der Waals surface area contributed by atoms with Crippen LogP contribution in [0.1, 0.15) is 39.5 Å². The highest BCUT2D eigenvalue weighted by Crippen LogP contribution is 2.50. The smallest absolute Gasteiger partial charge is 0.223 e. The van der Waals surface area contributed by atoms with Gasteiger partial charge in [0.05, 0.1) is 0 Å². The molecule has 2 atom stereocenters. The maximum absolute atomic E-state index is 11.6. The van der Waals surface area contributed by atoms with Crippen LogP contribution in [-0.2, 0) is 4.79 Å². The SMILES string of the molecule is CC(C)C12CCCC1CC(=O)N2C. The van der Waals surface area contributed by atoms with Crippen LogP contribution in [0, 0.1) is 11.8 Å². The largest absolute Gasteiger partial charge is 0.340 e. The van der Waals surface area contributed by atoms with E-state index in [2.05, 4.69) is 13.8 Å². The average Bonchev–Trinajstić information content (AvgIpc) is 2.55. The highest BCUT2D eigenvalue weighted by molar-refractivity contribution is 5.80. The summed E-state index contributed by atoms with van der Waals surface area (Å²) in [6.45, 7) is 4.51. The van der Waals surface area contributed by atoms with Crippen molar-refractivity contribution >= 4 is 5.91 Å². The molecule has 1 aliphatic heterocycles. The Balaban J connectivity index is 2.35. The Bertz CT molecular complexity index is 236. The van der Waals surface area contributed by atoms with Gasteiger partial charge in [-0.3, -0.25) is 4.79 Å². The molecule has 1 saturated heterocycles. The first-order chi connectivity index (χ1) is 6.09. The molecule has 2 fully saturated rings. The van der Waals surface area contributed by atoms with Gasteiger partial charge in [-0.1, -0.05) is 20.3 Å². The fraction of sp³-hybridized carbons (Fsp3) is 0.909. The lowest BCUT2D eigenvalue weighted by atomic mass is 9.78. The summed E-state index contributed by atoms with van der Waals surface area (Å²) < 4.78 is 0. The summed E-state index contributed by atoms with van der Waals surface area (Å²) in [7, 11) is 1.99. The number of nitrogens with zero attached hydrogens (tertiary/aromatic N) is 1. The van der Waals surface area contributed by atoms with E-state index in [1.807, 2.05) is 11.9 Å². The van der Waals surface area contributed by atoms with Gasteiger partial charge in [-0.2, -0.15) is 0 Å². The molecule has 1 amide bonds. The highest BCUT2D eigenvalue weighted by Gasteiger charge is 2.54. The third-order valence-corrected chi connectivity index (χ3v) is 4.26. The van der Waals surface area contributed by atoms with Crippen molar-refractivity contribution in [3.63, 3.8) is 0 Å². The summed E-state index contributed by atoms with van der Waals surface area (Å²) in [5, 5.41) is 0. The van der Waals surface area contributed by atoms with Crippen molar-refractivity contribution in [3.05, 3.63) is 0 Å². The summed E-state index contributed by atoms with van der Waals surface area (Å²) in [5.74, 6) is 1.61. The molecule has 74 valence electrons. The van der Waals surface area contributed by atoms with Crippen molar-refractivity contribution in [3.8, 4) is 0 Å². The molecule has 0 radical (unpaired) electrons. The minimum absolute atomic E-state index is 0.219. The summed E-state index contributed by atoms with van der Waals surface area (Å²) in [6.07, 6.45) is 4.58. The van der Waals surface area contributed by atoms with E-state index >= 15 is 0 Å². The van der Waals surface area contributed by atoms with Gasteiger partial charge in [-0.05, 0) is 24.7 Å². The molecule has 0 N–H and O–H groups in total. The third-order valence-electron chi connectivity index (χ3n) is 4.26. The molecule has 2 nitrogen and oxygen atoms in total. The number of fused-ring (bicyclic) bond motifs is 1. The minimum Gasteiger partial charge on any atom is -0.340 e. The van der Waals surface area contributed by atoms with Gasteiger partial charge in [-0.15, -0.1) is 0 Å². The summed E-state index contributed by atoms with van der Waals surface area (Å²) in [4.78, 5) is 13.7. The van der Waals surface area contributed by atoms with Crippen LogP contribution in [0.3, 0.4) is 0 Å². The highest BCUT2D eigenvalue weighted by atomic mass is 16.2. The van der Waals surface area contributed by atoms with E-state index in [9.17, 15) is 4.79 Å². The standard InChI is InChI=1S/C11H19NO/c1-8(2)11-6-4-5-9(11)7-10(13)12(11)3/h8-9H,4-7H2,1-3H3. The van der Waals surface area contributed by atoms with E-state index in [-0.39, 0.29) is 5.54 Å². The first kappa shape index (κ1) is 9.04. The van der Waals surface area contributed by atoms with Gasteiger partial charge in [0.25, 0.3) is 0 Å². The van der Waals surface area contributed by atoms with Gasteiger partial charge in [0.15, 0.2) is 0 Å². The normalized spacial score (nSPS) is 38.9. The van der Waals surface area contributed by atoms with Crippen LogP contribution < -0.4 is 0 Å². The predicted octanol–water partition coefficient (Wildman–Crippen LogP) is 2.04. The quantitative estimate of drug-likeness (QED) is 0.606. The minimum atomic E-state index is 0.219. The average molecular weight is 181 g/mol. The fourth-order valence-electron chi connectivity index (χ4n) is 3.53. The second-order valence-corrected chi connectivity index (χ2v) is 4.89. The Morgan fingerprint density at radius 1 is 1.54 bits per heavy atom. The van der Waals surface area contributed by atoms with Crippen LogP contribution in [0.2, 0.25) is 0 Å². The first-order valence-electron chi connectivity index (χ1n) is 5.35. The Morgan fingerprint density at radius 2 is 2.23 bits per heavy atom. The zero-order valence-corrected chi connectivity index (χ0v) is 8.84. The molecule has 0 spiro atoms. The molecular weight excluding hydrogens is 162 g/mol.